The van der Waals surface area contributed by atoms with Gasteiger partial charge in [0.1, 0.15) is 23.4 Å². The van der Waals surface area contributed by atoms with Gasteiger partial charge in [-0.1, -0.05) is 25.4 Å². The van der Waals surface area contributed by atoms with Crippen LogP contribution in [0.2, 0.25) is 5.02 Å². The van der Waals surface area contributed by atoms with Gasteiger partial charge >= 0.3 is 12.4 Å². The smallest absolute Gasteiger partial charge is 0.416 e. The maximum absolute atomic E-state index is 14.2. The maximum Gasteiger partial charge on any atom is 0.416 e. The Morgan fingerprint density at radius 1 is 1.00 bits per heavy atom. The van der Waals surface area contributed by atoms with Crippen molar-refractivity contribution in [1.82, 2.24) is 5.32 Å². The van der Waals surface area contributed by atoms with Crippen molar-refractivity contribution in [2.45, 2.75) is 50.6 Å². The largest absolute Gasteiger partial charge is 0.496 e. The number of ether oxygens (including phenoxy) is 1. The van der Waals surface area contributed by atoms with E-state index in [1.54, 1.807) is 0 Å². The summed E-state index contributed by atoms with van der Waals surface area (Å²) in [7, 11) is 1.28. The van der Waals surface area contributed by atoms with E-state index in [9.17, 15) is 35.1 Å². The minimum atomic E-state index is -4.86. The molecule has 0 spiro atoms. The fraction of sp³-hybridized carbons (Fsp3) is 0.429. The molecule has 1 unspecified atom stereocenters. The number of alkyl halides is 6. The lowest BCUT2D eigenvalue weighted by Crippen LogP contribution is -2.45. The summed E-state index contributed by atoms with van der Waals surface area (Å²) in [5, 5.41) is 1.22. The Bertz CT molecular complexity index is 956. The van der Waals surface area contributed by atoms with Crippen molar-refractivity contribution in [2.75, 3.05) is 7.11 Å². The average molecular weight is 490 g/mol. The van der Waals surface area contributed by atoms with Gasteiger partial charge in [0.2, 0.25) is 0 Å². The molecule has 0 aliphatic heterocycles. The first-order valence-electron chi connectivity index (χ1n) is 9.25. The van der Waals surface area contributed by atoms with Gasteiger partial charge in [-0.15, -0.1) is 0 Å². The van der Waals surface area contributed by atoms with Crippen LogP contribution in [0, 0.1) is 11.6 Å². The zero-order chi connectivity index (χ0) is 24.5. The Balaban J connectivity index is 2.34. The van der Waals surface area contributed by atoms with Crippen LogP contribution in [0.15, 0.2) is 30.3 Å². The van der Waals surface area contributed by atoms with E-state index >= 15 is 0 Å². The molecule has 2 aromatic rings. The van der Waals surface area contributed by atoms with Crippen molar-refractivity contribution in [2.24, 2.45) is 0 Å². The Hall–Kier alpha value is -2.07. The normalized spacial score (nSPS) is 13.9. The van der Waals surface area contributed by atoms with E-state index in [1.807, 2.05) is 0 Å². The van der Waals surface area contributed by atoms with E-state index in [0.29, 0.717) is 12.1 Å². The van der Waals surface area contributed by atoms with Gasteiger partial charge in [-0.3, -0.25) is 0 Å². The standard InChI is InChI=1S/C21H20ClF8NO/c1-19(2,14-8-13(23)4-5-16(14)32-3)9-17(21(28,29)30)31-10-11-6-12(20(25,26)27)7-15(22)18(11)24/h4-8,17,31H,9-10H2,1-3H3. The van der Waals surface area contributed by atoms with E-state index in [2.05, 4.69) is 5.32 Å². The second kappa shape index (κ2) is 9.43. The molecule has 32 heavy (non-hydrogen) atoms. The average Bonchev–Trinajstić information content (AvgIpc) is 2.66. The minimum Gasteiger partial charge on any atom is -0.496 e. The van der Waals surface area contributed by atoms with Crippen LogP contribution in [-0.4, -0.2) is 19.3 Å². The van der Waals surface area contributed by atoms with Gasteiger partial charge in [0.15, 0.2) is 0 Å². The van der Waals surface area contributed by atoms with E-state index in [0.717, 1.165) is 12.1 Å². The Kier molecular flexibility index (Phi) is 7.71. The summed E-state index contributed by atoms with van der Waals surface area (Å²) in [5.41, 5.74) is -3.05. The number of rotatable bonds is 7. The molecule has 0 bridgehead atoms. The lowest BCUT2D eigenvalue weighted by Gasteiger charge is -2.33. The summed E-state index contributed by atoms with van der Waals surface area (Å²) in [6, 6.07) is 1.95. The summed E-state index contributed by atoms with van der Waals surface area (Å²) in [6.45, 7) is 2.01. The van der Waals surface area contributed by atoms with Crippen LogP contribution in [0.1, 0.15) is 37.0 Å². The number of halogens is 9. The molecule has 0 heterocycles. The van der Waals surface area contributed by atoms with Crippen molar-refractivity contribution in [3.05, 3.63) is 63.7 Å². The van der Waals surface area contributed by atoms with Crippen LogP contribution in [0.3, 0.4) is 0 Å². The number of hydrogen-bond donors (Lipinski definition) is 1. The van der Waals surface area contributed by atoms with E-state index in [1.165, 1.54) is 27.0 Å². The van der Waals surface area contributed by atoms with Crippen molar-refractivity contribution >= 4 is 11.6 Å². The van der Waals surface area contributed by atoms with Gasteiger partial charge in [0, 0.05) is 17.7 Å². The molecule has 0 fully saturated rings. The lowest BCUT2D eigenvalue weighted by atomic mass is 9.78. The first-order chi connectivity index (χ1) is 14.6. The van der Waals surface area contributed by atoms with Crippen molar-refractivity contribution in [3.63, 3.8) is 0 Å². The fourth-order valence-corrected chi connectivity index (χ4v) is 3.54. The van der Waals surface area contributed by atoms with Gasteiger partial charge in [-0.05, 0) is 42.2 Å². The molecule has 1 atom stereocenters. The highest BCUT2D eigenvalue weighted by Gasteiger charge is 2.43. The highest BCUT2D eigenvalue weighted by molar-refractivity contribution is 6.30. The van der Waals surface area contributed by atoms with E-state index in [4.69, 9.17) is 16.3 Å². The summed E-state index contributed by atoms with van der Waals surface area (Å²) in [4.78, 5) is 0. The molecule has 1 N–H and O–H groups in total. The molecule has 0 aromatic heterocycles. The van der Waals surface area contributed by atoms with Crippen LogP contribution < -0.4 is 10.1 Å². The van der Waals surface area contributed by atoms with Crippen molar-refractivity contribution in [1.29, 1.82) is 0 Å². The first kappa shape index (κ1) is 26.2. The summed E-state index contributed by atoms with van der Waals surface area (Å²) >= 11 is 5.49. The maximum atomic E-state index is 14.2. The lowest BCUT2D eigenvalue weighted by molar-refractivity contribution is -0.160. The minimum absolute atomic E-state index is 0.171. The SMILES string of the molecule is COc1ccc(F)cc1C(C)(C)CC(NCc1cc(C(F)(F)F)cc(Cl)c1F)C(F)(F)F. The summed E-state index contributed by atoms with van der Waals surface area (Å²) in [6.07, 6.45) is -10.3. The second-order valence-corrected chi connectivity index (χ2v) is 8.24. The number of nitrogens with one attached hydrogen (secondary N) is 1. The molecular formula is C21H20ClF8NO. The van der Waals surface area contributed by atoms with Crippen LogP contribution in [0.4, 0.5) is 35.1 Å². The zero-order valence-corrected chi connectivity index (χ0v) is 17.9. The van der Waals surface area contributed by atoms with E-state index in [-0.39, 0.29) is 11.3 Å². The molecule has 0 saturated carbocycles. The second-order valence-electron chi connectivity index (χ2n) is 7.84. The van der Waals surface area contributed by atoms with Gasteiger partial charge in [-0.2, -0.15) is 26.3 Å². The first-order valence-corrected chi connectivity index (χ1v) is 9.63. The summed E-state index contributed by atoms with van der Waals surface area (Å²) < 4.78 is 113. The predicted molar refractivity (Wildman–Crippen MR) is 104 cm³/mol. The van der Waals surface area contributed by atoms with Crippen LogP contribution >= 0.6 is 11.6 Å². The highest BCUT2D eigenvalue weighted by atomic mass is 35.5. The van der Waals surface area contributed by atoms with E-state index < -0.39 is 64.6 Å². The molecule has 0 aliphatic carbocycles. The molecule has 2 nitrogen and oxygen atoms in total. The molecule has 178 valence electrons. The van der Waals surface area contributed by atoms with Crippen molar-refractivity contribution in [3.8, 4) is 5.75 Å². The van der Waals surface area contributed by atoms with Crippen LogP contribution in [-0.2, 0) is 18.1 Å². The summed E-state index contributed by atoms with van der Waals surface area (Å²) in [5.74, 6) is -1.75. The third-order valence-corrected chi connectivity index (χ3v) is 5.25. The molecule has 0 aliphatic rings. The predicted octanol–water partition coefficient (Wildman–Crippen LogP) is 7.03. The number of benzene rings is 2. The molecule has 2 aromatic carbocycles. The topological polar surface area (TPSA) is 21.3 Å². The molecule has 0 amide bonds. The Morgan fingerprint density at radius 3 is 2.16 bits per heavy atom. The molecule has 0 radical (unpaired) electrons. The molecule has 11 heteroatoms. The highest BCUT2D eigenvalue weighted by Crippen LogP contribution is 2.39. The third kappa shape index (κ3) is 6.25. The van der Waals surface area contributed by atoms with Gasteiger partial charge in [0.05, 0.1) is 17.7 Å². The number of hydrogen-bond acceptors (Lipinski definition) is 2. The Labute approximate surface area is 184 Å². The number of methoxy groups -OCH3 is 1. The molecular weight excluding hydrogens is 470 g/mol. The monoisotopic (exact) mass is 489 g/mol. The van der Waals surface area contributed by atoms with Gasteiger partial charge < -0.3 is 10.1 Å². The van der Waals surface area contributed by atoms with Crippen LogP contribution in [0.5, 0.6) is 5.75 Å². The fourth-order valence-electron chi connectivity index (χ4n) is 3.30. The van der Waals surface area contributed by atoms with Crippen molar-refractivity contribution < 1.29 is 39.9 Å². The Morgan fingerprint density at radius 2 is 1.62 bits per heavy atom. The third-order valence-electron chi connectivity index (χ3n) is 4.97. The quantitative estimate of drug-likeness (QED) is 0.421. The zero-order valence-electron chi connectivity index (χ0n) is 17.2. The van der Waals surface area contributed by atoms with Crippen LogP contribution in [0.25, 0.3) is 0 Å². The van der Waals surface area contributed by atoms with Gasteiger partial charge in [-0.25, -0.2) is 8.78 Å². The molecule has 2 rings (SSSR count). The molecule has 0 saturated heterocycles. The van der Waals surface area contributed by atoms with Gasteiger partial charge in [0.25, 0.3) is 0 Å².